The number of phenolic OH excluding ortho intramolecular Hbond substituents is 1. The summed E-state index contributed by atoms with van der Waals surface area (Å²) < 4.78 is 5.40. The van der Waals surface area contributed by atoms with E-state index >= 15 is 0 Å². The third-order valence-electron chi connectivity index (χ3n) is 3.48. The Morgan fingerprint density at radius 1 is 1.42 bits per heavy atom. The number of benzene rings is 1. The second-order valence-electron chi connectivity index (χ2n) is 4.75. The maximum Gasteiger partial charge on any atom is 0.227 e. The van der Waals surface area contributed by atoms with Crippen LogP contribution in [-0.4, -0.2) is 23.7 Å². The van der Waals surface area contributed by atoms with E-state index < -0.39 is 0 Å². The van der Waals surface area contributed by atoms with Gasteiger partial charge in [-0.3, -0.25) is 4.79 Å². The summed E-state index contributed by atoms with van der Waals surface area (Å²) in [6.07, 6.45) is 3.18. The van der Waals surface area contributed by atoms with E-state index in [9.17, 15) is 9.90 Å². The maximum absolute atomic E-state index is 11.9. The van der Waals surface area contributed by atoms with Crippen LogP contribution < -0.4 is 5.32 Å². The molecule has 1 aromatic carbocycles. The Hall–Kier alpha value is -0.970. The summed E-state index contributed by atoms with van der Waals surface area (Å²) in [7, 11) is 1.63. The molecule has 0 radical (unpaired) electrons. The lowest BCUT2D eigenvalue weighted by atomic mass is 9.77. The normalized spacial score (nSPS) is 16.8. The van der Waals surface area contributed by atoms with Gasteiger partial charge >= 0.3 is 0 Å². The van der Waals surface area contributed by atoms with Gasteiger partial charge in [0, 0.05) is 12.8 Å². The van der Waals surface area contributed by atoms with Crippen molar-refractivity contribution in [3.8, 4) is 5.75 Å². The smallest absolute Gasteiger partial charge is 0.227 e. The Labute approximate surface area is 121 Å². The quantitative estimate of drug-likeness (QED) is 0.836. The Morgan fingerprint density at radius 3 is 2.42 bits per heavy atom. The van der Waals surface area contributed by atoms with Crippen molar-refractivity contribution in [1.29, 1.82) is 0 Å². The van der Waals surface area contributed by atoms with Gasteiger partial charge in [0.05, 0.1) is 22.1 Å². The molecular formula is C13H15Cl2NO3. The highest BCUT2D eigenvalue weighted by molar-refractivity contribution is 6.37. The first-order valence-electron chi connectivity index (χ1n) is 5.99. The molecule has 4 nitrogen and oxygen atoms in total. The monoisotopic (exact) mass is 303 g/mol. The number of rotatable bonds is 4. The fraction of sp³-hybridized carbons (Fsp3) is 0.462. The molecule has 0 heterocycles. The van der Waals surface area contributed by atoms with Crippen LogP contribution in [0.15, 0.2) is 12.1 Å². The lowest BCUT2D eigenvalue weighted by Crippen LogP contribution is -2.42. The molecular weight excluding hydrogens is 289 g/mol. The molecule has 0 aromatic heterocycles. The van der Waals surface area contributed by atoms with Crippen molar-refractivity contribution in [2.75, 3.05) is 12.4 Å². The number of amides is 1. The highest BCUT2D eigenvalue weighted by Crippen LogP contribution is 2.39. The molecule has 0 bridgehead atoms. The number of methoxy groups -OCH3 is 1. The average Bonchev–Trinajstić information content (AvgIpc) is 2.30. The third-order valence-corrected chi connectivity index (χ3v) is 4.06. The highest BCUT2D eigenvalue weighted by Gasteiger charge is 2.38. The number of phenols is 1. The minimum Gasteiger partial charge on any atom is -0.505 e. The van der Waals surface area contributed by atoms with Crippen LogP contribution in [0.3, 0.4) is 0 Å². The first-order chi connectivity index (χ1) is 8.96. The van der Waals surface area contributed by atoms with Gasteiger partial charge in [0.15, 0.2) is 5.75 Å². The van der Waals surface area contributed by atoms with Crippen molar-refractivity contribution in [3.05, 3.63) is 22.2 Å². The average molecular weight is 304 g/mol. The minimum atomic E-state index is -0.325. The topological polar surface area (TPSA) is 58.6 Å². The molecule has 0 spiro atoms. The first kappa shape index (κ1) is 14.4. The van der Waals surface area contributed by atoms with E-state index in [2.05, 4.69) is 5.32 Å². The predicted molar refractivity (Wildman–Crippen MR) is 75.0 cm³/mol. The lowest BCUT2D eigenvalue weighted by molar-refractivity contribution is -0.129. The van der Waals surface area contributed by atoms with Gasteiger partial charge in [0.25, 0.3) is 0 Å². The fourth-order valence-corrected chi connectivity index (χ4v) is 2.65. The molecule has 1 aliphatic carbocycles. The van der Waals surface area contributed by atoms with E-state index in [4.69, 9.17) is 27.9 Å². The van der Waals surface area contributed by atoms with Gasteiger partial charge in [-0.1, -0.05) is 23.2 Å². The molecule has 6 heteroatoms. The number of halogens is 2. The summed E-state index contributed by atoms with van der Waals surface area (Å²) in [4.78, 5) is 11.9. The number of ether oxygens (including phenoxy) is 1. The van der Waals surface area contributed by atoms with Gasteiger partial charge in [-0.2, -0.15) is 0 Å². The number of nitrogens with one attached hydrogen (secondary N) is 1. The molecule has 1 aliphatic rings. The number of anilines is 1. The fourth-order valence-electron chi connectivity index (χ4n) is 2.16. The number of carbonyl (C=O) groups excluding carboxylic acids is 1. The molecule has 2 N–H and O–H groups in total. The second-order valence-corrected chi connectivity index (χ2v) is 5.57. The number of hydrogen-bond donors (Lipinski definition) is 2. The predicted octanol–water partition coefficient (Wildman–Crippen LogP) is 3.60. The Morgan fingerprint density at radius 2 is 2.00 bits per heavy atom. The number of hydrogen-bond acceptors (Lipinski definition) is 3. The van der Waals surface area contributed by atoms with E-state index in [1.54, 1.807) is 7.11 Å². The lowest BCUT2D eigenvalue weighted by Gasteiger charge is -2.39. The summed E-state index contributed by atoms with van der Waals surface area (Å²) in [5, 5.41) is 12.4. The molecule has 0 saturated heterocycles. The molecule has 0 aliphatic heterocycles. The van der Waals surface area contributed by atoms with Crippen LogP contribution in [0, 0.1) is 0 Å². The summed E-state index contributed by atoms with van der Waals surface area (Å²) >= 11 is 11.6. The molecule has 19 heavy (non-hydrogen) atoms. The second kappa shape index (κ2) is 5.57. The van der Waals surface area contributed by atoms with Crippen LogP contribution >= 0.6 is 23.2 Å². The SMILES string of the molecule is COC1(CC(=O)Nc2cc(Cl)c(O)c(Cl)c2)CCC1. The zero-order chi connectivity index (χ0) is 14.0. The van der Waals surface area contributed by atoms with Crippen molar-refractivity contribution < 1.29 is 14.6 Å². The van der Waals surface area contributed by atoms with Gasteiger partial charge in [-0.15, -0.1) is 0 Å². The summed E-state index contributed by atoms with van der Waals surface area (Å²) in [6.45, 7) is 0. The Balaban J connectivity index is 2.03. The molecule has 1 saturated carbocycles. The van der Waals surface area contributed by atoms with Crippen molar-refractivity contribution in [2.24, 2.45) is 0 Å². The summed E-state index contributed by atoms with van der Waals surface area (Å²) in [5.74, 6) is -0.340. The molecule has 104 valence electrons. The van der Waals surface area contributed by atoms with Crippen LogP contribution in [0.5, 0.6) is 5.75 Å². The molecule has 1 amide bonds. The molecule has 0 unspecified atom stereocenters. The Bertz CT molecular complexity index is 472. The standard InChI is InChI=1S/C13H15Cl2NO3/c1-19-13(3-2-4-13)7-11(17)16-8-5-9(14)12(18)10(15)6-8/h5-6,18H,2-4,7H2,1H3,(H,16,17). The molecule has 2 rings (SSSR count). The van der Waals surface area contributed by atoms with E-state index in [0.717, 1.165) is 19.3 Å². The zero-order valence-electron chi connectivity index (χ0n) is 10.5. The van der Waals surface area contributed by atoms with Crippen LogP contribution in [0.25, 0.3) is 0 Å². The zero-order valence-corrected chi connectivity index (χ0v) is 12.0. The van der Waals surface area contributed by atoms with Crippen LogP contribution in [-0.2, 0) is 9.53 Å². The maximum atomic E-state index is 11.9. The van der Waals surface area contributed by atoms with Gasteiger partial charge in [-0.25, -0.2) is 0 Å². The molecule has 0 atom stereocenters. The van der Waals surface area contributed by atoms with Crippen LogP contribution in [0.1, 0.15) is 25.7 Å². The minimum absolute atomic E-state index is 0.105. The largest absolute Gasteiger partial charge is 0.505 e. The highest BCUT2D eigenvalue weighted by atomic mass is 35.5. The summed E-state index contributed by atoms with van der Waals surface area (Å²) in [5.41, 5.74) is 0.137. The van der Waals surface area contributed by atoms with Gasteiger partial charge in [-0.05, 0) is 31.4 Å². The van der Waals surface area contributed by atoms with E-state index in [-0.39, 0.29) is 27.3 Å². The van der Waals surface area contributed by atoms with E-state index in [0.29, 0.717) is 12.1 Å². The molecule has 1 aromatic rings. The van der Waals surface area contributed by atoms with E-state index in [1.807, 2.05) is 0 Å². The Kier molecular flexibility index (Phi) is 4.23. The third kappa shape index (κ3) is 3.14. The van der Waals surface area contributed by atoms with Crippen LogP contribution in [0.4, 0.5) is 5.69 Å². The van der Waals surface area contributed by atoms with Crippen LogP contribution in [0.2, 0.25) is 10.0 Å². The first-order valence-corrected chi connectivity index (χ1v) is 6.74. The summed E-state index contributed by atoms with van der Waals surface area (Å²) in [6, 6.07) is 2.92. The van der Waals surface area contributed by atoms with E-state index in [1.165, 1.54) is 12.1 Å². The van der Waals surface area contributed by atoms with Crippen molar-refractivity contribution in [3.63, 3.8) is 0 Å². The number of aromatic hydroxyl groups is 1. The number of carbonyl (C=O) groups is 1. The van der Waals surface area contributed by atoms with Crippen molar-refractivity contribution in [2.45, 2.75) is 31.3 Å². The van der Waals surface area contributed by atoms with Gasteiger partial charge < -0.3 is 15.2 Å². The van der Waals surface area contributed by atoms with Crippen molar-refractivity contribution in [1.82, 2.24) is 0 Å². The van der Waals surface area contributed by atoms with Crippen molar-refractivity contribution >= 4 is 34.8 Å². The molecule has 1 fully saturated rings. The van der Waals surface area contributed by atoms with Gasteiger partial charge in [0.1, 0.15) is 0 Å². The van der Waals surface area contributed by atoms with Gasteiger partial charge in [0.2, 0.25) is 5.91 Å².